The molecule has 1 aromatic rings. The molecule has 3 nitrogen and oxygen atoms in total. The van der Waals surface area contributed by atoms with E-state index in [0.717, 1.165) is 31.7 Å². The molecule has 2 rings (SSSR count). The van der Waals surface area contributed by atoms with Crippen molar-refractivity contribution in [1.29, 1.82) is 0 Å². The number of likely N-dealkylation sites (N-methyl/N-ethyl adjacent to an activating group) is 1. The summed E-state index contributed by atoms with van der Waals surface area (Å²) in [4.78, 5) is 2.25. The number of benzene rings is 1. The summed E-state index contributed by atoms with van der Waals surface area (Å²) in [6.07, 6.45) is 2.01. The van der Waals surface area contributed by atoms with Crippen molar-refractivity contribution in [1.82, 2.24) is 0 Å². The smallest absolute Gasteiger partial charge is 0.142 e. The summed E-state index contributed by atoms with van der Waals surface area (Å²) in [6, 6.07) is 6.44. The number of aryl methyl sites for hydroxylation is 1. The van der Waals surface area contributed by atoms with E-state index < -0.39 is 0 Å². The summed E-state index contributed by atoms with van der Waals surface area (Å²) in [5, 5.41) is 0. The Bertz CT molecular complexity index is 396. The van der Waals surface area contributed by atoms with E-state index in [2.05, 4.69) is 44.0 Å². The normalized spacial score (nSPS) is 15.4. The molecule has 1 aromatic carbocycles. The predicted molar refractivity (Wildman–Crippen MR) is 71.8 cm³/mol. The number of nitrogens with zero attached hydrogens (tertiary/aromatic N) is 1. The van der Waals surface area contributed by atoms with Gasteiger partial charge >= 0.3 is 0 Å². The molecule has 0 radical (unpaired) electrons. The van der Waals surface area contributed by atoms with E-state index in [1.54, 1.807) is 0 Å². The van der Waals surface area contributed by atoms with Crippen LogP contribution >= 0.6 is 0 Å². The van der Waals surface area contributed by atoms with Crippen LogP contribution in [-0.4, -0.2) is 25.7 Å². The van der Waals surface area contributed by atoms with Crippen molar-refractivity contribution in [2.24, 2.45) is 5.73 Å². The van der Waals surface area contributed by atoms with Crippen LogP contribution < -0.4 is 15.4 Å². The van der Waals surface area contributed by atoms with Crippen LogP contribution in [0, 0.1) is 0 Å². The van der Waals surface area contributed by atoms with E-state index in [9.17, 15) is 0 Å². The predicted octanol–water partition coefficient (Wildman–Crippen LogP) is 2.19. The van der Waals surface area contributed by atoms with E-state index in [4.69, 9.17) is 10.5 Å². The molecule has 0 aromatic heterocycles. The Morgan fingerprint density at radius 3 is 2.88 bits per heavy atom. The van der Waals surface area contributed by atoms with Gasteiger partial charge in [0.05, 0.1) is 12.2 Å². The van der Waals surface area contributed by atoms with Crippen LogP contribution in [0.4, 0.5) is 5.69 Å². The summed E-state index contributed by atoms with van der Waals surface area (Å²) in [7, 11) is 2.11. The number of hydrogen-bond acceptors (Lipinski definition) is 3. The van der Waals surface area contributed by atoms with Crippen molar-refractivity contribution in [2.75, 3.05) is 25.1 Å². The molecule has 0 bridgehead atoms. The van der Waals surface area contributed by atoms with Gasteiger partial charge in [-0.1, -0.05) is 6.07 Å². The third-order valence-electron chi connectivity index (χ3n) is 3.18. The molecule has 0 amide bonds. The van der Waals surface area contributed by atoms with Gasteiger partial charge in [0.15, 0.2) is 0 Å². The zero-order valence-corrected chi connectivity index (χ0v) is 11.0. The fourth-order valence-electron chi connectivity index (χ4n) is 2.02. The second-order valence-corrected chi connectivity index (χ2v) is 5.56. The highest BCUT2D eigenvalue weighted by Gasteiger charge is 2.16. The first-order chi connectivity index (χ1) is 7.96. The van der Waals surface area contributed by atoms with Crippen molar-refractivity contribution >= 4 is 5.69 Å². The van der Waals surface area contributed by atoms with Crippen molar-refractivity contribution in [3.05, 3.63) is 23.8 Å². The Labute approximate surface area is 104 Å². The molecule has 0 spiro atoms. The van der Waals surface area contributed by atoms with Gasteiger partial charge in [-0.3, -0.25) is 0 Å². The van der Waals surface area contributed by atoms with Crippen molar-refractivity contribution in [3.8, 4) is 5.75 Å². The second-order valence-electron chi connectivity index (χ2n) is 5.56. The van der Waals surface area contributed by atoms with E-state index in [1.165, 1.54) is 11.3 Å². The van der Waals surface area contributed by atoms with Crippen molar-refractivity contribution < 1.29 is 4.74 Å². The molecule has 17 heavy (non-hydrogen) atoms. The highest BCUT2D eigenvalue weighted by atomic mass is 16.5. The molecular formula is C14H22N2O. The molecule has 0 saturated heterocycles. The largest absolute Gasteiger partial charge is 0.490 e. The summed E-state index contributed by atoms with van der Waals surface area (Å²) in [5.41, 5.74) is 8.45. The average Bonchev–Trinajstić information content (AvgIpc) is 2.26. The summed E-state index contributed by atoms with van der Waals surface area (Å²) in [5.74, 6) is 0.995. The van der Waals surface area contributed by atoms with Crippen molar-refractivity contribution in [2.45, 2.75) is 32.2 Å². The van der Waals surface area contributed by atoms with Gasteiger partial charge in [0, 0.05) is 12.6 Å². The van der Waals surface area contributed by atoms with Crippen LogP contribution in [0.15, 0.2) is 18.2 Å². The summed E-state index contributed by atoms with van der Waals surface area (Å²) >= 11 is 0. The van der Waals surface area contributed by atoms with E-state index >= 15 is 0 Å². The molecule has 3 heteroatoms. The SMILES string of the molecule is CN1CCOc2ccc(CCC(C)(C)N)cc21. The first-order valence-electron chi connectivity index (χ1n) is 6.21. The Kier molecular flexibility index (Phi) is 3.29. The van der Waals surface area contributed by atoms with Crippen LogP contribution in [0.3, 0.4) is 0 Å². The first kappa shape index (κ1) is 12.2. The number of anilines is 1. The van der Waals surface area contributed by atoms with Gasteiger partial charge in [0.1, 0.15) is 12.4 Å². The minimum Gasteiger partial charge on any atom is -0.490 e. The lowest BCUT2D eigenvalue weighted by molar-refractivity contribution is 0.311. The fourth-order valence-corrected chi connectivity index (χ4v) is 2.02. The van der Waals surface area contributed by atoms with Gasteiger partial charge in [-0.05, 0) is 44.4 Å². The molecule has 0 saturated carbocycles. The highest BCUT2D eigenvalue weighted by Crippen LogP contribution is 2.31. The quantitative estimate of drug-likeness (QED) is 0.871. The van der Waals surface area contributed by atoms with Crippen LogP contribution in [0.1, 0.15) is 25.8 Å². The lowest BCUT2D eigenvalue weighted by Crippen LogP contribution is -2.32. The topological polar surface area (TPSA) is 38.5 Å². The number of ether oxygens (including phenoxy) is 1. The minimum absolute atomic E-state index is 0.0989. The summed E-state index contributed by atoms with van der Waals surface area (Å²) < 4.78 is 5.63. The van der Waals surface area contributed by atoms with E-state index in [1.807, 2.05) is 0 Å². The maximum atomic E-state index is 6.01. The number of rotatable bonds is 3. The molecule has 0 atom stereocenters. The number of hydrogen-bond donors (Lipinski definition) is 1. The second kappa shape index (κ2) is 4.57. The fraction of sp³-hybridized carbons (Fsp3) is 0.571. The van der Waals surface area contributed by atoms with E-state index in [-0.39, 0.29) is 5.54 Å². The highest BCUT2D eigenvalue weighted by molar-refractivity contribution is 5.60. The van der Waals surface area contributed by atoms with Crippen LogP contribution in [0.5, 0.6) is 5.75 Å². The molecule has 1 heterocycles. The van der Waals surface area contributed by atoms with Gasteiger partial charge in [-0.2, -0.15) is 0 Å². The number of nitrogens with two attached hydrogens (primary N) is 1. The van der Waals surface area contributed by atoms with Crippen LogP contribution in [0.25, 0.3) is 0 Å². The molecule has 2 N–H and O–H groups in total. The Balaban J connectivity index is 2.12. The minimum atomic E-state index is -0.0989. The first-order valence-corrected chi connectivity index (χ1v) is 6.21. The van der Waals surface area contributed by atoms with Gasteiger partial charge in [0.25, 0.3) is 0 Å². The molecule has 0 unspecified atom stereocenters. The Morgan fingerprint density at radius 2 is 2.18 bits per heavy atom. The monoisotopic (exact) mass is 234 g/mol. The third-order valence-corrected chi connectivity index (χ3v) is 3.18. The zero-order valence-electron chi connectivity index (χ0n) is 11.0. The number of fused-ring (bicyclic) bond motifs is 1. The average molecular weight is 234 g/mol. The van der Waals surface area contributed by atoms with Crippen LogP contribution in [-0.2, 0) is 6.42 Å². The van der Waals surface area contributed by atoms with E-state index in [0.29, 0.717) is 0 Å². The standard InChI is InChI=1S/C14H22N2O/c1-14(2,15)7-6-11-4-5-13-12(10-11)16(3)8-9-17-13/h4-5,10H,6-9,15H2,1-3H3. The van der Waals surface area contributed by atoms with Gasteiger partial charge in [-0.15, -0.1) is 0 Å². The van der Waals surface area contributed by atoms with Crippen molar-refractivity contribution in [3.63, 3.8) is 0 Å². The maximum Gasteiger partial charge on any atom is 0.142 e. The third kappa shape index (κ3) is 3.13. The molecule has 0 fully saturated rings. The zero-order chi connectivity index (χ0) is 12.5. The lowest BCUT2D eigenvalue weighted by Gasteiger charge is -2.28. The molecule has 0 aliphatic carbocycles. The summed E-state index contributed by atoms with van der Waals surface area (Å²) in [6.45, 7) is 5.87. The molecule has 94 valence electrons. The lowest BCUT2D eigenvalue weighted by atomic mass is 9.96. The Morgan fingerprint density at radius 1 is 1.41 bits per heavy atom. The van der Waals surface area contributed by atoms with Crippen LogP contribution in [0.2, 0.25) is 0 Å². The Hall–Kier alpha value is -1.22. The molecule has 1 aliphatic heterocycles. The van der Waals surface area contributed by atoms with Gasteiger partial charge in [-0.25, -0.2) is 0 Å². The molecular weight excluding hydrogens is 212 g/mol. The van der Waals surface area contributed by atoms with Gasteiger partial charge < -0.3 is 15.4 Å². The maximum absolute atomic E-state index is 6.01. The molecule has 1 aliphatic rings. The van der Waals surface area contributed by atoms with Gasteiger partial charge in [0.2, 0.25) is 0 Å².